The summed E-state index contributed by atoms with van der Waals surface area (Å²) in [6.07, 6.45) is 1.99. The molecule has 0 bridgehead atoms. The van der Waals surface area contributed by atoms with Crippen LogP contribution in [0.25, 0.3) is 27.1 Å². The Labute approximate surface area is 196 Å². The Hall–Kier alpha value is -3.03. The second kappa shape index (κ2) is 8.72. The van der Waals surface area contributed by atoms with Gasteiger partial charge in [-0.1, -0.05) is 6.07 Å². The van der Waals surface area contributed by atoms with E-state index >= 15 is 0 Å². The van der Waals surface area contributed by atoms with Crippen molar-refractivity contribution in [3.63, 3.8) is 0 Å². The summed E-state index contributed by atoms with van der Waals surface area (Å²) in [4.78, 5) is 16.2. The number of thiophene rings is 1. The van der Waals surface area contributed by atoms with Crippen LogP contribution < -0.4 is 10.2 Å². The molecule has 0 aliphatic carbocycles. The number of morpholine rings is 1. The van der Waals surface area contributed by atoms with Gasteiger partial charge in [-0.2, -0.15) is 10.2 Å². The highest BCUT2D eigenvalue weighted by Gasteiger charge is 2.21. The van der Waals surface area contributed by atoms with E-state index in [-0.39, 0.29) is 0 Å². The van der Waals surface area contributed by atoms with E-state index in [1.165, 1.54) is 4.88 Å². The molecule has 4 aromatic rings. The zero-order valence-corrected chi connectivity index (χ0v) is 19.1. The number of nitriles is 1. The molecule has 2 fully saturated rings. The van der Waals surface area contributed by atoms with Crippen molar-refractivity contribution in [2.24, 2.45) is 0 Å². The number of hydrogen-bond acceptors (Lipinski definition) is 8. The molecule has 9 heteroatoms. The first kappa shape index (κ1) is 20.6. The van der Waals surface area contributed by atoms with Crippen LogP contribution in [-0.2, 0) is 11.3 Å². The molecule has 0 radical (unpaired) electrons. The molecule has 2 aliphatic heterocycles. The number of piperazine rings is 1. The van der Waals surface area contributed by atoms with Gasteiger partial charge in [0.05, 0.1) is 40.6 Å². The fourth-order valence-electron chi connectivity index (χ4n) is 4.59. The maximum absolute atomic E-state index is 9.37. The third-order valence-electron chi connectivity index (χ3n) is 6.33. The zero-order chi connectivity index (χ0) is 22.2. The molecule has 168 valence electrons. The molecule has 0 unspecified atom stereocenters. The van der Waals surface area contributed by atoms with Gasteiger partial charge < -0.3 is 15.0 Å². The second-order valence-electron chi connectivity index (χ2n) is 8.47. The van der Waals surface area contributed by atoms with E-state index in [2.05, 4.69) is 27.3 Å². The lowest BCUT2D eigenvalue weighted by Crippen LogP contribution is -2.42. The Morgan fingerprint density at radius 2 is 1.91 bits per heavy atom. The highest BCUT2D eigenvalue weighted by Crippen LogP contribution is 2.34. The van der Waals surface area contributed by atoms with Gasteiger partial charge in [0, 0.05) is 62.3 Å². The lowest BCUT2D eigenvalue weighted by Gasteiger charge is -2.28. The fourth-order valence-corrected chi connectivity index (χ4v) is 5.74. The summed E-state index contributed by atoms with van der Waals surface area (Å²) in [6.45, 7) is 8.21. The zero-order valence-electron chi connectivity index (χ0n) is 18.3. The molecule has 1 aromatic carbocycles. The van der Waals surface area contributed by atoms with Gasteiger partial charge in [-0.3, -0.25) is 9.47 Å². The summed E-state index contributed by atoms with van der Waals surface area (Å²) >= 11 is 1.80. The Kier molecular flexibility index (Phi) is 5.44. The van der Waals surface area contributed by atoms with Gasteiger partial charge in [0.1, 0.15) is 0 Å². The lowest BCUT2D eigenvalue weighted by atomic mass is 10.2. The smallest absolute Gasteiger partial charge is 0.236 e. The topological polar surface area (TPSA) is 82.2 Å². The average molecular weight is 460 g/mol. The van der Waals surface area contributed by atoms with Gasteiger partial charge in [0.2, 0.25) is 5.95 Å². The number of fused-ring (bicyclic) bond motifs is 2. The third kappa shape index (κ3) is 3.96. The molecule has 0 amide bonds. The Morgan fingerprint density at radius 3 is 2.73 bits per heavy atom. The summed E-state index contributed by atoms with van der Waals surface area (Å²) in [7, 11) is 0. The van der Waals surface area contributed by atoms with Crippen LogP contribution in [0, 0.1) is 11.3 Å². The van der Waals surface area contributed by atoms with Crippen molar-refractivity contribution >= 4 is 38.3 Å². The number of anilines is 1. The van der Waals surface area contributed by atoms with Crippen LogP contribution in [0.5, 0.6) is 0 Å². The third-order valence-corrected chi connectivity index (χ3v) is 7.44. The summed E-state index contributed by atoms with van der Waals surface area (Å²) < 4.78 is 8.73. The molecular weight excluding hydrogens is 434 g/mol. The van der Waals surface area contributed by atoms with Crippen LogP contribution in [0.3, 0.4) is 0 Å². The number of nitrogens with one attached hydrogen (secondary N) is 1. The minimum atomic E-state index is 0.630. The van der Waals surface area contributed by atoms with E-state index in [1.54, 1.807) is 11.3 Å². The number of hydrogen-bond donors (Lipinski definition) is 1. The minimum Gasteiger partial charge on any atom is -0.378 e. The quantitative estimate of drug-likeness (QED) is 0.502. The largest absolute Gasteiger partial charge is 0.378 e. The maximum atomic E-state index is 9.37. The van der Waals surface area contributed by atoms with Gasteiger partial charge in [-0.05, 0) is 24.3 Å². The number of rotatable bonds is 4. The van der Waals surface area contributed by atoms with Crippen LogP contribution in [0.4, 0.5) is 5.82 Å². The molecule has 2 aliphatic rings. The van der Waals surface area contributed by atoms with Gasteiger partial charge in [-0.15, -0.1) is 11.3 Å². The van der Waals surface area contributed by atoms with E-state index in [0.29, 0.717) is 24.7 Å². The molecule has 0 saturated carbocycles. The number of aromatic nitrogens is 3. The predicted octanol–water partition coefficient (Wildman–Crippen LogP) is 2.75. The SMILES string of the molecule is N#Cc1ccc2ccn(-c3nc(N4CCOCC4)c4sc(CN5CCNCC5)cc4n3)c2c1. The van der Waals surface area contributed by atoms with E-state index in [0.717, 1.165) is 72.8 Å². The molecular formula is C24H25N7OS. The molecule has 5 heterocycles. The lowest BCUT2D eigenvalue weighted by molar-refractivity contribution is 0.122. The first-order valence-corrected chi connectivity index (χ1v) is 12.2. The molecule has 33 heavy (non-hydrogen) atoms. The molecule has 3 aromatic heterocycles. The molecule has 0 atom stereocenters. The van der Waals surface area contributed by atoms with Crippen LogP contribution in [0.2, 0.25) is 0 Å². The highest BCUT2D eigenvalue weighted by molar-refractivity contribution is 7.19. The van der Waals surface area contributed by atoms with E-state index in [4.69, 9.17) is 14.7 Å². The van der Waals surface area contributed by atoms with E-state index in [9.17, 15) is 5.26 Å². The number of benzene rings is 1. The summed E-state index contributed by atoms with van der Waals surface area (Å²) in [6, 6.07) is 12.2. The summed E-state index contributed by atoms with van der Waals surface area (Å²) in [5.74, 6) is 1.62. The second-order valence-corrected chi connectivity index (χ2v) is 9.61. The Morgan fingerprint density at radius 1 is 1.06 bits per heavy atom. The standard InChI is InChI=1S/C24H25N7OS/c25-15-17-1-2-18-3-6-31(21(18)13-17)24-27-20-14-19(16-29-7-4-26-5-8-29)33-22(20)23(28-24)30-9-11-32-12-10-30/h1-3,6,13-14,26H,4-5,7-12,16H2. The van der Waals surface area contributed by atoms with E-state index in [1.807, 2.05) is 35.0 Å². The van der Waals surface area contributed by atoms with Gasteiger partial charge >= 0.3 is 0 Å². The van der Waals surface area contributed by atoms with Gasteiger partial charge in [-0.25, -0.2) is 4.98 Å². The van der Waals surface area contributed by atoms with Crippen molar-refractivity contribution in [1.29, 1.82) is 5.26 Å². The molecule has 1 N–H and O–H groups in total. The van der Waals surface area contributed by atoms with Crippen LogP contribution >= 0.6 is 11.3 Å². The molecule has 8 nitrogen and oxygen atoms in total. The number of nitrogens with zero attached hydrogens (tertiary/aromatic N) is 6. The van der Waals surface area contributed by atoms with Crippen LogP contribution in [0.1, 0.15) is 10.4 Å². The van der Waals surface area contributed by atoms with E-state index < -0.39 is 0 Å². The van der Waals surface area contributed by atoms with Crippen molar-refractivity contribution in [3.05, 3.63) is 47.0 Å². The van der Waals surface area contributed by atoms with Crippen molar-refractivity contribution < 1.29 is 4.74 Å². The van der Waals surface area contributed by atoms with Crippen molar-refractivity contribution in [2.45, 2.75) is 6.54 Å². The normalized spacial score (nSPS) is 17.6. The van der Waals surface area contributed by atoms with Crippen molar-refractivity contribution in [3.8, 4) is 12.0 Å². The first-order chi connectivity index (χ1) is 16.3. The summed E-state index contributed by atoms with van der Waals surface area (Å²) in [5.41, 5.74) is 2.55. The Balaban J connectivity index is 1.46. The first-order valence-electron chi connectivity index (χ1n) is 11.4. The predicted molar refractivity (Wildman–Crippen MR) is 130 cm³/mol. The maximum Gasteiger partial charge on any atom is 0.236 e. The van der Waals surface area contributed by atoms with Gasteiger partial charge in [0.25, 0.3) is 0 Å². The van der Waals surface area contributed by atoms with Gasteiger partial charge in [0.15, 0.2) is 5.82 Å². The van der Waals surface area contributed by atoms with Crippen molar-refractivity contribution in [1.82, 2.24) is 24.8 Å². The van der Waals surface area contributed by atoms with Crippen molar-refractivity contribution in [2.75, 3.05) is 57.4 Å². The van der Waals surface area contributed by atoms with Crippen LogP contribution in [0.15, 0.2) is 36.5 Å². The molecule has 2 saturated heterocycles. The molecule has 6 rings (SSSR count). The Bertz CT molecular complexity index is 1340. The molecule has 0 spiro atoms. The number of ether oxygens (including phenoxy) is 1. The average Bonchev–Trinajstić information content (AvgIpc) is 3.47. The summed E-state index contributed by atoms with van der Waals surface area (Å²) in [5, 5.41) is 13.9. The minimum absolute atomic E-state index is 0.630. The monoisotopic (exact) mass is 459 g/mol. The van der Waals surface area contributed by atoms with Crippen LogP contribution in [-0.4, -0.2) is 71.9 Å². The highest BCUT2D eigenvalue weighted by atomic mass is 32.1. The fraction of sp³-hybridized carbons (Fsp3) is 0.375.